The van der Waals surface area contributed by atoms with Crippen molar-refractivity contribution in [1.82, 2.24) is 19.8 Å². The van der Waals surface area contributed by atoms with Gasteiger partial charge in [0, 0.05) is 60.5 Å². The molecule has 3 heterocycles. The number of piperazine rings is 1. The van der Waals surface area contributed by atoms with Crippen LogP contribution < -0.4 is 0 Å². The second kappa shape index (κ2) is 8.63. The Balaban J connectivity index is 1.34. The third-order valence-electron chi connectivity index (χ3n) is 6.02. The molecular formula is C25H22N4O3S. The average molecular weight is 459 g/mol. The van der Waals surface area contributed by atoms with Gasteiger partial charge in [0.1, 0.15) is 5.01 Å². The Hall–Kier alpha value is -3.78. The summed E-state index contributed by atoms with van der Waals surface area (Å²) in [5, 5.41) is 3.51. The molecule has 1 aliphatic heterocycles. The second-order valence-electron chi connectivity index (χ2n) is 8.00. The molecule has 0 saturated carbocycles. The van der Waals surface area contributed by atoms with Gasteiger partial charge in [-0.15, -0.1) is 11.3 Å². The Morgan fingerprint density at radius 2 is 1.70 bits per heavy atom. The first-order valence-corrected chi connectivity index (χ1v) is 11.6. The molecule has 1 aliphatic rings. The summed E-state index contributed by atoms with van der Waals surface area (Å²) in [7, 11) is 0. The highest BCUT2D eigenvalue weighted by atomic mass is 32.1. The quantitative estimate of drug-likeness (QED) is 0.373. The number of thiazole rings is 1. The topological polar surface area (TPSA) is 86.4 Å². The number of rotatable bonds is 4. The highest BCUT2D eigenvalue weighted by Gasteiger charge is 2.30. The van der Waals surface area contributed by atoms with E-state index >= 15 is 0 Å². The minimum absolute atomic E-state index is 0.0593. The van der Waals surface area contributed by atoms with Gasteiger partial charge < -0.3 is 14.8 Å². The van der Waals surface area contributed by atoms with Crippen LogP contribution in [-0.4, -0.2) is 63.5 Å². The average Bonchev–Trinajstić information content (AvgIpc) is 3.55. The van der Waals surface area contributed by atoms with Gasteiger partial charge in [-0.3, -0.25) is 14.4 Å². The number of hydrogen-bond donors (Lipinski definition) is 1. The number of carbonyl (C=O) groups is 3. The zero-order chi connectivity index (χ0) is 22.9. The van der Waals surface area contributed by atoms with Gasteiger partial charge >= 0.3 is 0 Å². The summed E-state index contributed by atoms with van der Waals surface area (Å²) in [6, 6.07) is 13.0. The zero-order valence-corrected chi connectivity index (χ0v) is 18.9. The lowest BCUT2D eigenvalue weighted by molar-refractivity contribution is -0.127. The first-order valence-electron chi connectivity index (χ1n) is 10.7. The van der Waals surface area contributed by atoms with E-state index in [9.17, 15) is 14.4 Å². The molecule has 166 valence electrons. The molecule has 4 aromatic rings. The molecule has 1 saturated heterocycles. The van der Waals surface area contributed by atoms with E-state index in [1.165, 1.54) is 16.2 Å². The zero-order valence-electron chi connectivity index (χ0n) is 18.1. The van der Waals surface area contributed by atoms with Gasteiger partial charge in [0.15, 0.2) is 0 Å². The van der Waals surface area contributed by atoms with Crippen LogP contribution in [0.1, 0.15) is 26.3 Å². The van der Waals surface area contributed by atoms with Gasteiger partial charge in [0.25, 0.3) is 17.6 Å². The van der Waals surface area contributed by atoms with Crippen molar-refractivity contribution in [2.45, 2.75) is 6.92 Å². The molecule has 0 radical (unpaired) electrons. The molecule has 2 aromatic carbocycles. The highest BCUT2D eigenvalue weighted by molar-refractivity contribution is 7.13. The molecule has 7 nitrogen and oxygen atoms in total. The molecule has 1 fully saturated rings. The Morgan fingerprint density at radius 3 is 2.39 bits per heavy atom. The van der Waals surface area contributed by atoms with Crippen LogP contribution in [0.4, 0.5) is 0 Å². The number of aromatic nitrogens is 2. The number of nitrogens with zero attached hydrogens (tertiary/aromatic N) is 3. The minimum atomic E-state index is -0.540. The number of ketones is 1. The second-order valence-corrected chi connectivity index (χ2v) is 8.89. The summed E-state index contributed by atoms with van der Waals surface area (Å²) in [6.45, 7) is 3.38. The van der Waals surface area contributed by atoms with Crippen LogP contribution >= 0.6 is 11.3 Å². The minimum Gasteiger partial charge on any atom is -0.360 e. The third kappa shape index (κ3) is 3.82. The van der Waals surface area contributed by atoms with Gasteiger partial charge in [-0.1, -0.05) is 24.3 Å². The van der Waals surface area contributed by atoms with Gasteiger partial charge in [0.05, 0.1) is 11.1 Å². The Morgan fingerprint density at radius 1 is 0.970 bits per heavy atom. The van der Waals surface area contributed by atoms with E-state index in [2.05, 4.69) is 9.97 Å². The SMILES string of the molecule is Cc1ccc(-c2nccs2)c2[nH]cc(C(=O)C(=O)N3CCN(C(=O)c4ccccc4)CC3)c12. The van der Waals surface area contributed by atoms with E-state index in [0.717, 1.165) is 27.0 Å². The van der Waals surface area contributed by atoms with E-state index in [1.54, 1.807) is 29.4 Å². The number of amides is 2. The third-order valence-corrected chi connectivity index (χ3v) is 6.83. The van der Waals surface area contributed by atoms with E-state index in [-0.39, 0.29) is 5.91 Å². The van der Waals surface area contributed by atoms with Crippen LogP contribution in [-0.2, 0) is 4.79 Å². The fourth-order valence-corrected chi connectivity index (χ4v) is 4.94. The predicted octanol–water partition coefficient (Wildman–Crippen LogP) is 3.77. The molecule has 1 N–H and O–H groups in total. The Bertz CT molecular complexity index is 1340. The monoisotopic (exact) mass is 458 g/mol. The molecule has 0 unspecified atom stereocenters. The molecule has 8 heteroatoms. The van der Waals surface area contributed by atoms with Crippen molar-refractivity contribution in [3.05, 3.63) is 76.9 Å². The lowest BCUT2D eigenvalue weighted by atomic mass is 10.0. The number of aryl methyl sites for hydroxylation is 1. The van der Waals surface area contributed by atoms with Gasteiger partial charge in [-0.2, -0.15) is 0 Å². The largest absolute Gasteiger partial charge is 0.360 e. The number of Topliss-reactive ketones (excluding diaryl/α,β-unsaturated/α-hetero) is 1. The van der Waals surface area contributed by atoms with Crippen LogP contribution in [0.5, 0.6) is 0 Å². The molecule has 0 bridgehead atoms. The number of aromatic amines is 1. The van der Waals surface area contributed by atoms with Crippen molar-refractivity contribution in [2.75, 3.05) is 26.2 Å². The molecule has 2 aromatic heterocycles. The van der Waals surface area contributed by atoms with Crippen LogP contribution in [0.25, 0.3) is 21.5 Å². The van der Waals surface area contributed by atoms with Crippen molar-refractivity contribution in [1.29, 1.82) is 0 Å². The summed E-state index contributed by atoms with van der Waals surface area (Å²) < 4.78 is 0. The smallest absolute Gasteiger partial charge is 0.295 e. The van der Waals surface area contributed by atoms with E-state index in [1.807, 2.05) is 42.6 Å². The molecule has 0 spiro atoms. The molecule has 5 rings (SSSR count). The van der Waals surface area contributed by atoms with Gasteiger partial charge in [0.2, 0.25) is 0 Å². The standard InChI is InChI=1S/C25H22N4O3S/c1-16-7-8-18(23-26-9-14-33-23)21-20(16)19(15-27-21)22(30)25(32)29-12-10-28(11-13-29)24(31)17-5-3-2-4-6-17/h2-9,14-15,27H,10-13H2,1H3. The van der Waals surface area contributed by atoms with Crippen LogP contribution in [0, 0.1) is 6.92 Å². The summed E-state index contributed by atoms with van der Waals surface area (Å²) in [6.07, 6.45) is 3.36. The number of carbonyl (C=O) groups excluding carboxylic acids is 3. The van der Waals surface area contributed by atoms with Crippen molar-refractivity contribution in [3.8, 4) is 10.6 Å². The van der Waals surface area contributed by atoms with Gasteiger partial charge in [-0.05, 0) is 30.7 Å². The van der Waals surface area contributed by atoms with Crippen LogP contribution in [0.3, 0.4) is 0 Å². The molecule has 0 atom stereocenters. The molecular weight excluding hydrogens is 436 g/mol. The van der Waals surface area contributed by atoms with Crippen LogP contribution in [0.15, 0.2) is 60.2 Å². The van der Waals surface area contributed by atoms with Gasteiger partial charge in [-0.25, -0.2) is 4.98 Å². The number of H-pyrrole nitrogens is 1. The maximum absolute atomic E-state index is 13.2. The van der Waals surface area contributed by atoms with E-state index in [0.29, 0.717) is 37.3 Å². The first-order chi connectivity index (χ1) is 16.0. The maximum atomic E-state index is 13.2. The number of hydrogen-bond acceptors (Lipinski definition) is 5. The fraction of sp³-hybridized carbons (Fsp3) is 0.200. The fourth-order valence-electron chi connectivity index (χ4n) is 4.27. The maximum Gasteiger partial charge on any atom is 0.295 e. The lowest BCUT2D eigenvalue weighted by Gasteiger charge is -2.34. The number of nitrogens with one attached hydrogen (secondary N) is 1. The van der Waals surface area contributed by atoms with E-state index in [4.69, 9.17) is 0 Å². The number of benzene rings is 2. The summed E-state index contributed by atoms with van der Waals surface area (Å²) in [4.78, 5) is 49.7. The van der Waals surface area contributed by atoms with Crippen molar-refractivity contribution >= 4 is 39.8 Å². The first kappa shape index (κ1) is 21.1. The van der Waals surface area contributed by atoms with Crippen molar-refractivity contribution < 1.29 is 14.4 Å². The molecule has 0 aliphatic carbocycles. The summed E-state index contributed by atoms with van der Waals surface area (Å²) in [5.74, 6) is -1.14. The number of fused-ring (bicyclic) bond motifs is 1. The van der Waals surface area contributed by atoms with E-state index < -0.39 is 11.7 Å². The summed E-state index contributed by atoms with van der Waals surface area (Å²) >= 11 is 1.52. The summed E-state index contributed by atoms with van der Waals surface area (Å²) in [5.41, 5.74) is 3.62. The Kier molecular flexibility index (Phi) is 5.51. The lowest BCUT2D eigenvalue weighted by Crippen LogP contribution is -2.52. The van der Waals surface area contributed by atoms with Crippen molar-refractivity contribution in [2.24, 2.45) is 0 Å². The Labute approximate surface area is 194 Å². The van der Waals surface area contributed by atoms with Crippen molar-refractivity contribution in [3.63, 3.8) is 0 Å². The highest BCUT2D eigenvalue weighted by Crippen LogP contribution is 2.33. The molecule has 33 heavy (non-hydrogen) atoms. The molecule has 2 amide bonds. The van der Waals surface area contributed by atoms with Crippen LogP contribution in [0.2, 0.25) is 0 Å². The predicted molar refractivity (Wildman–Crippen MR) is 127 cm³/mol. The normalized spacial score (nSPS) is 14.0.